The Kier molecular flexibility index (Phi) is 7.64. The van der Waals surface area contributed by atoms with Gasteiger partial charge in [-0.05, 0) is 56.6 Å². The molecule has 3 aliphatic carbocycles. The minimum Gasteiger partial charge on any atom is -0.510 e. The smallest absolute Gasteiger partial charge is 0.412 e. The number of allylic oxidation sites excluding steroid dienone is 1. The third kappa shape index (κ3) is 4.60. The fourth-order valence-corrected chi connectivity index (χ4v) is 6.90. The Bertz CT molecular complexity index is 1700. The first kappa shape index (κ1) is 31.5. The number of nitrogens with one attached hydrogen (secondary N) is 1. The summed E-state index contributed by atoms with van der Waals surface area (Å²) < 4.78 is 5.23. The Labute approximate surface area is 258 Å². The molecule has 0 fully saturated rings. The predicted octanol–water partition coefficient (Wildman–Crippen LogP) is 0.557. The number of rotatable bonds is 6. The van der Waals surface area contributed by atoms with Gasteiger partial charge >= 0.3 is 6.09 Å². The van der Waals surface area contributed by atoms with Crippen molar-refractivity contribution in [2.45, 2.75) is 36.6 Å². The van der Waals surface area contributed by atoms with Crippen LogP contribution in [0.4, 0.5) is 10.5 Å². The van der Waals surface area contributed by atoms with Gasteiger partial charge in [-0.1, -0.05) is 18.2 Å². The van der Waals surface area contributed by atoms with E-state index in [0.29, 0.717) is 17.0 Å². The number of primary amides is 1. The molecule has 2 aromatic carbocycles. The molecule has 0 aromatic heterocycles. The molecule has 45 heavy (non-hydrogen) atoms. The SMILES string of the molecule is CN(C)c1cc(CNC(=O)Oc2ccccc2)c(O)c2c1C[C@H]1C[C@@]3(N)[C@H](N(C)C)C(O)=C(C(N)=O)C(=O)[C@@]3(O)C(O)=C1C2=O. The fourth-order valence-electron chi connectivity index (χ4n) is 6.90. The second-order valence-electron chi connectivity index (χ2n) is 12.0. The number of carbonyl (C=O) groups is 4. The number of benzene rings is 2. The number of likely N-dealkylation sites (N-methyl/N-ethyl adjacent to an activating group) is 1. The van der Waals surface area contributed by atoms with Crippen LogP contribution in [0.5, 0.6) is 11.5 Å². The molecule has 0 heterocycles. The third-order valence-corrected chi connectivity index (χ3v) is 8.83. The van der Waals surface area contributed by atoms with Gasteiger partial charge in [0.15, 0.2) is 5.78 Å². The van der Waals surface area contributed by atoms with Gasteiger partial charge < -0.3 is 46.8 Å². The lowest BCUT2D eigenvalue weighted by Crippen LogP contribution is -2.79. The van der Waals surface area contributed by atoms with Crippen molar-refractivity contribution in [1.82, 2.24) is 10.2 Å². The summed E-state index contributed by atoms with van der Waals surface area (Å²) in [6, 6.07) is 8.57. The number of Topliss-reactive ketones (excluding diaryl/α,β-unsaturated/α-hetero) is 2. The van der Waals surface area contributed by atoms with E-state index in [0.717, 1.165) is 0 Å². The number of hydrogen-bond donors (Lipinski definition) is 7. The lowest BCUT2D eigenvalue weighted by molar-refractivity contribution is -0.152. The maximum Gasteiger partial charge on any atom is 0.412 e. The normalized spacial score (nSPS) is 25.8. The van der Waals surface area contributed by atoms with Gasteiger partial charge in [-0.3, -0.25) is 19.3 Å². The molecule has 0 saturated heterocycles. The van der Waals surface area contributed by atoms with Crippen LogP contribution in [0.2, 0.25) is 0 Å². The van der Waals surface area contributed by atoms with Crippen molar-refractivity contribution in [3.05, 3.63) is 75.8 Å². The zero-order valence-corrected chi connectivity index (χ0v) is 25.1. The Balaban J connectivity index is 1.61. The van der Waals surface area contributed by atoms with Crippen molar-refractivity contribution < 1.29 is 44.3 Å². The van der Waals surface area contributed by atoms with E-state index in [1.54, 1.807) is 55.4 Å². The molecule has 0 radical (unpaired) electrons. The van der Waals surface area contributed by atoms with Gasteiger partial charge in [0.2, 0.25) is 11.4 Å². The highest BCUT2D eigenvalue weighted by atomic mass is 16.6. The number of carbonyl (C=O) groups excluding carboxylic acids is 4. The lowest BCUT2D eigenvalue weighted by Gasteiger charge is -2.56. The monoisotopic (exact) mass is 621 g/mol. The van der Waals surface area contributed by atoms with Crippen LogP contribution in [0.3, 0.4) is 0 Å². The van der Waals surface area contributed by atoms with Crippen LogP contribution in [-0.4, -0.2) is 94.3 Å². The fraction of sp³-hybridized carbons (Fsp3) is 0.355. The summed E-state index contributed by atoms with van der Waals surface area (Å²) in [5, 5.41) is 48.4. The molecule has 5 rings (SSSR count). The van der Waals surface area contributed by atoms with Crippen LogP contribution in [0.1, 0.15) is 27.9 Å². The molecule has 0 spiro atoms. The maximum absolute atomic E-state index is 14.2. The zero-order valence-electron chi connectivity index (χ0n) is 25.1. The van der Waals surface area contributed by atoms with Gasteiger partial charge in [-0.15, -0.1) is 0 Å². The number of fused-ring (bicyclic) bond motifs is 3. The average molecular weight is 622 g/mol. The first-order chi connectivity index (χ1) is 21.1. The third-order valence-electron chi connectivity index (χ3n) is 8.83. The van der Waals surface area contributed by atoms with Gasteiger partial charge in [-0.2, -0.15) is 0 Å². The van der Waals surface area contributed by atoms with E-state index in [-0.39, 0.29) is 36.1 Å². The number of hydrogen-bond acceptors (Lipinski definition) is 12. The van der Waals surface area contributed by atoms with Crippen molar-refractivity contribution in [3.63, 3.8) is 0 Å². The van der Waals surface area contributed by atoms with E-state index >= 15 is 0 Å². The van der Waals surface area contributed by atoms with Gasteiger partial charge in [0, 0.05) is 37.5 Å². The largest absolute Gasteiger partial charge is 0.510 e. The second-order valence-corrected chi connectivity index (χ2v) is 12.0. The molecule has 14 nitrogen and oxygen atoms in total. The van der Waals surface area contributed by atoms with Gasteiger partial charge in [0.1, 0.15) is 28.6 Å². The number of phenolic OH excluding ortho intramolecular Hbond substituents is 1. The highest BCUT2D eigenvalue weighted by Crippen LogP contribution is 2.54. The number of aliphatic hydroxyl groups excluding tert-OH is 2. The Morgan fingerprint density at radius 3 is 2.31 bits per heavy atom. The molecule has 2 amide bonds. The summed E-state index contributed by atoms with van der Waals surface area (Å²) in [5.74, 6) is -6.55. The van der Waals surface area contributed by atoms with Crippen molar-refractivity contribution in [2.75, 3.05) is 33.1 Å². The minimum atomic E-state index is -3.02. The number of nitrogens with zero attached hydrogens (tertiary/aromatic N) is 2. The van der Waals surface area contributed by atoms with Crippen molar-refractivity contribution in [3.8, 4) is 11.5 Å². The highest BCUT2D eigenvalue weighted by Gasteiger charge is 2.70. The highest BCUT2D eigenvalue weighted by molar-refractivity contribution is 6.25. The van der Waals surface area contributed by atoms with Crippen molar-refractivity contribution in [2.24, 2.45) is 17.4 Å². The van der Waals surface area contributed by atoms with Crippen LogP contribution in [0, 0.1) is 5.92 Å². The molecule has 0 bridgehead atoms. The number of anilines is 1. The van der Waals surface area contributed by atoms with E-state index < -0.39 is 69.5 Å². The van der Waals surface area contributed by atoms with Gasteiger partial charge in [-0.25, -0.2) is 4.79 Å². The molecule has 0 aliphatic heterocycles. The van der Waals surface area contributed by atoms with Crippen LogP contribution in [0.25, 0.3) is 0 Å². The number of para-hydroxylation sites is 1. The topological polar surface area (TPSA) is 229 Å². The van der Waals surface area contributed by atoms with Crippen LogP contribution >= 0.6 is 0 Å². The number of nitrogens with two attached hydrogens (primary N) is 2. The Morgan fingerprint density at radius 1 is 1.09 bits per heavy atom. The molecule has 3 aliphatic rings. The summed E-state index contributed by atoms with van der Waals surface area (Å²) in [4.78, 5) is 55.6. The first-order valence-electron chi connectivity index (χ1n) is 14.1. The number of aliphatic hydroxyl groups is 3. The number of aromatic hydroxyl groups is 1. The summed E-state index contributed by atoms with van der Waals surface area (Å²) in [6.07, 6.45) is -1.04. The van der Waals surface area contributed by atoms with Crippen LogP contribution < -0.4 is 26.4 Å². The number of ether oxygens (including phenoxy) is 1. The van der Waals surface area contributed by atoms with E-state index in [1.807, 2.05) is 0 Å². The van der Waals surface area contributed by atoms with Crippen LogP contribution in [-0.2, 0) is 22.6 Å². The van der Waals surface area contributed by atoms with E-state index in [9.17, 15) is 39.6 Å². The van der Waals surface area contributed by atoms with Crippen molar-refractivity contribution in [1.29, 1.82) is 0 Å². The number of phenols is 1. The predicted molar refractivity (Wildman–Crippen MR) is 161 cm³/mol. The molecule has 4 atom stereocenters. The van der Waals surface area contributed by atoms with Gasteiger partial charge in [0.25, 0.3) is 5.91 Å². The molecular weight excluding hydrogens is 586 g/mol. The Morgan fingerprint density at radius 2 is 1.73 bits per heavy atom. The molecule has 14 heteroatoms. The number of ketones is 2. The lowest BCUT2D eigenvalue weighted by atomic mass is 9.54. The molecule has 0 saturated carbocycles. The van der Waals surface area contributed by atoms with E-state index in [2.05, 4.69) is 5.32 Å². The maximum atomic E-state index is 14.2. The first-order valence-corrected chi connectivity index (χ1v) is 14.1. The van der Waals surface area contributed by atoms with E-state index in [4.69, 9.17) is 16.2 Å². The molecule has 9 N–H and O–H groups in total. The summed E-state index contributed by atoms with van der Waals surface area (Å²) in [5.41, 5.74) is 6.61. The summed E-state index contributed by atoms with van der Waals surface area (Å²) >= 11 is 0. The van der Waals surface area contributed by atoms with E-state index in [1.165, 1.54) is 19.0 Å². The zero-order chi connectivity index (χ0) is 33.2. The van der Waals surface area contributed by atoms with Gasteiger partial charge in [0.05, 0.1) is 17.1 Å². The standard InChI is InChI=1S/C31H35N5O9/c1-35(2)18-11-15(13-34-29(43)45-16-8-6-5-7-9-16)22(37)20-17(18)10-14-12-30(33)25(36(3)4)24(39)21(28(32)42)27(41)31(30,44)26(40)19(14)23(20)38/h5-9,11,14,25,37,39-40,44H,10,12-13,33H2,1-4H3,(H2,32,42)(H,34,43)/t14-,25+,30+,31-/m0/s1. The van der Waals surface area contributed by atoms with Crippen LogP contribution in [0.15, 0.2) is 59.1 Å². The summed E-state index contributed by atoms with van der Waals surface area (Å²) in [7, 11) is 6.44. The van der Waals surface area contributed by atoms with Crippen molar-refractivity contribution >= 4 is 29.3 Å². The summed E-state index contributed by atoms with van der Waals surface area (Å²) in [6.45, 7) is -0.238. The molecule has 0 unspecified atom stereocenters. The molecule has 238 valence electrons. The minimum absolute atomic E-state index is 0.0435. The molecular formula is C31H35N5O9. The quantitative estimate of drug-likeness (QED) is 0.220. The Hall–Kier alpha value is -4.92. The second kappa shape index (κ2) is 10.9. The average Bonchev–Trinajstić information content (AvgIpc) is 2.94. The number of amides is 2. The molecule has 2 aromatic rings.